The number of hydrogen-bond acceptors (Lipinski definition) is 3. The number of hydrogen-bond donors (Lipinski definition) is 1. The molecular weight excluding hydrogens is 238 g/mol. The monoisotopic (exact) mass is 265 g/mol. The molecule has 0 saturated carbocycles. The predicted molar refractivity (Wildman–Crippen MR) is 77.4 cm³/mol. The number of aromatic nitrogens is 2. The summed E-state index contributed by atoms with van der Waals surface area (Å²) in [4.78, 5) is 0. The third kappa shape index (κ3) is 3.57. The lowest BCUT2D eigenvalue weighted by molar-refractivity contribution is 0.0805. The van der Waals surface area contributed by atoms with E-state index in [1.165, 1.54) is 18.5 Å². The Bertz CT molecular complexity index is 367. The Balaban J connectivity index is 1.97. The molecule has 0 aliphatic carbocycles. The highest BCUT2D eigenvalue weighted by Gasteiger charge is 2.25. The molecule has 1 N–H and O–H groups in total. The highest BCUT2D eigenvalue weighted by Crippen LogP contribution is 2.19. The van der Waals surface area contributed by atoms with Gasteiger partial charge in [0.15, 0.2) is 0 Å². The van der Waals surface area contributed by atoms with E-state index in [-0.39, 0.29) is 0 Å². The second-order valence-electron chi connectivity index (χ2n) is 5.41. The van der Waals surface area contributed by atoms with E-state index in [2.05, 4.69) is 36.1 Å². The Morgan fingerprint density at radius 2 is 2.26 bits per heavy atom. The van der Waals surface area contributed by atoms with E-state index < -0.39 is 0 Å². The van der Waals surface area contributed by atoms with Crippen molar-refractivity contribution in [2.45, 2.75) is 64.1 Å². The average molecular weight is 265 g/mol. The van der Waals surface area contributed by atoms with Gasteiger partial charge in [-0.15, -0.1) is 0 Å². The van der Waals surface area contributed by atoms with Gasteiger partial charge in [0.2, 0.25) is 0 Å². The van der Waals surface area contributed by atoms with Crippen LogP contribution in [0.4, 0.5) is 0 Å². The van der Waals surface area contributed by atoms with Crippen LogP contribution in [0.15, 0.2) is 12.3 Å². The molecule has 2 rings (SSSR count). The normalized spacial score (nSPS) is 21.2. The Hall–Kier alpha value is -0.870. The molecule has 2 heterocycles. The number of rotatable bonds is 7. The van der Waals surface area contributed by atoms with E-state index in [4.69, 9.17) is 9.84 Å². The second kappa shape index (κ2) is 7.06. The van der Waals surface area contributed by atoms with E-state index in [9.17, 15) is 0 Å². The first-order chi connectivity index (χ1) is 9.28. The number of nitrogens with zero attached hydrogens (tertiary/aromatic N) is 2. The van der Waals surface area contributed by atoms with Gasteiger partial charge < -0.3 is 10.1 Å². The molecule has 0 bridgehead atoms. The first kappa shape index (κ1) is 14.5. The highest BCUT2D eigenvalue weighted by molar-refractivity contribution is 5.03. The molecule has 0 amide bonds. The Labute approximate surface area is 116 Å². The van der Waals surface area contributed by atoms with Crippen molar-refractivity contribution in [2.75, 3.05) is 13.7 Å². The van der Waals surface area contributed by atoms with Crippen molar-refractivity contribution in [3.63, 3.8) is 0 Å². The zero-order valence-corrected chi connectivity index (χ0v) is 12.4. The van der Waals surface area contributed by atoms with Gasteiger partial charge in [0.25, 0.3) is 0 Å². The minimum absolute atomic E-state index is 0.350. The van der Waals surface area contributed by atoms with Crippen LogP contribution in [-0.4, -0.2) is 35.6 Å². The minimum Gasteiger partial charge on any atom is -0.377 e. The lowest BCUT2D eigenvalue weighted by Gasteiger charge is -2.21. The number of likely N-dealkylation sites (N-methyl/N-ethyl adjacent to an activating group) is 1. The van der Waals surface area contributed by atoms with Crippen LogP contribution in [-0.2, 0) is 11.2 Å². The summed E-state index contributed by atoms with van der Waals surface area (Å²) in [6.07, 6.45) is 8.05. The molecule has 1 aromatic heterocycles. The van der Waals surface area contributed by atoms with E-state index in [0.717, 1.165) is 25.9 Å². The summed E-state index contributed by atoms with van der Waals surface area (Å²) < 4.78 is 7.90. The molecule has 1 saturated heterocycles. The summed E-state index contributed by atoms with van der Waals surface area (Å²) in [6, 6.07) is 3.06. The van der Waals surface area contributed by atoms with Gasteiger partial charge in [0.05, 0.1) is 17.8 Å². The van der Waals surface area contributed by atoms with E-state index in [0.29, 0.717) is 18.2 Å². The molecule has 1 aromatic rings. The molecule has 1 aliphatic heterocycles. The molecule has 1 aliphatic rings. The molecule has 0 aromatic carbocycles. The average Bonchev–Trinajstić information content (AvgIpc) is 3.09. The van der Waals surface area contributed by atoms with Crippen LogP contribution in [0.5, 0.6) is 0 Å². The zero-order valence-electron chi connectivity index (χ0n) is 12.4. The van der Waals surface area contributed by atoms with E-state index >= 15 is 0 Å². The van der Waals surface area contributed by atoms with Crippen LogP contribution in [0, 0.1) is 0 Å². The molecule has 2 unspecified atom stereocenters. The number of nitrogens with one attached hydrogen (secondary N) is 1. The first-order valence-corrected chi connectivity index (χ1v) is 7.61. The number of ether oxygens (including phenoxy) is 1. The van der Waals surface area contributed by atoms with Crippen molar-refractivity contribution in [3.05, 3.63) is 18.0 Å². The Kier molecular flexibility index (Phi) is 5.40. The quantitative estimate of drug-likeness (QED) is 0.823. The first-order valence-electron chi connectivity index (χ1n) is 7.61. The zero-order chi connectivity index (χ0) is 13.7. The summed E-state index contributed by atoms with van der Waals surface area (Å²) in [5, 5.41) is 8.12. The molecule has 4 heteroatoms. The summed E-state index contributed by atoms with van der Waals surface area (Å²) in [6.45, 7) is 5.35. The standard InChI is InChI=1S/C15H27N3O/c1-4-13(5-2)18-9-8-12(17-18)11-14(16-3)15-7-6-10-19-15/h8-9,13-16H,4-7,10-11H2,1-3H3. The smallest absolute Gasteiger partial charge is 0.0732 e. The second-order valence-corrected chi connectivity index (χ2v) is 5.41. The van der Waals surface area contributed by atoms with Gasteiger partial charge in [0, 0.05) is 25.3 Å². The lowest BCUT2D eigenvalue weighted by Crippen LogP contribution is -2.39. The van der Waals surface area contributed by atoms with Crippen LogP contribution in [0.25, 0.3) is 0 Å². The van der Waals surface area contributed by atoms with Crippen molar-refractivity contribution < 1.29 is 4.74 Å². The van der Waals surface area contributed by atoms with Crippen molar-refractivity contribution in [2.24, 2.45) is 0 Å². The van der Waals surface area contributed by atoms with Crippen LogP contribution in [0.1, 0.15) is 51.3 Å². The molecule has 4 nitrogen and oxygen atoms in total. The molecule has 0 spiro atoms. The van der Waals surface area contributed by atoms with Gasteiger partial charge in [0.1, 0.15) is 0 Å². The van der Waals surface area contributed by atoms with E-state index in [1.54, 1.807) is 0 Å². The third-order valence-electron chi connectivity index (χ3n) is 4.19. The van der Waals surface area contributed by atoms with Crippen molar-refractivity contribution in [3.8, 4) is 0 Å². The third-order valence-corrected chi connectivity index (χ3v) is 4.19. The summed E-state index contributed by atoms with van der Waals surface area (Å²) in [5.74, 6) is 0. The van der Waals surface area contributed by atoms with Crippen molar-refractivity contribution in [1.82, 2.24) is 15.1 Å². The van der Waals surface area contributed by atoms with Gasteiger partial charge >= 0.3 is 0 Å². The SMILES string of the molecule is CCC(CC)n1ccc(CC(NC)C2CCCO2)n1. The topological polar surface area (TPSA) is 39.1 Å². The molecule has 108 valence electrons. The van der Waals surface area contributed by atoms with Crippen LogP contribution >= 0.6 is 0 Å². The summed E-state index contributed by atoms with van der Waals surface area (Å²) in [5.41, 5.74) is 1.17. The van der Waals surface area contributed by atoms with Gasteiger partial charge in [-0.2, -0.15) is 5.10 Å². The van der Waals surface area contributed by atoms with Gasteiger partial charge in [-0.1, -0.05) is 13.8 Å². The Morgan fingerprint density at radius 3 is 2.84 bits per heavy atom. The molecule has 19 heavy (non-hydrogen) atoms. The maximum atomic E-state index is 5.78. The molecular formula is C15H27N3O. The fourth-order valence-electron chi connectivity index (χ4n) is 2.92. The summed E-state index contributed by atoms with van der Waals surface area (Å²) in [7, 11) is 2.02. The van der Waals surface area contributed by atoms with Crippen LogP contribution in [0.2, 0.25) is 0 Å². The van der Waals surface area contributed by atoms with Gasteiger partial charge in [-0.3, -0.25) is 4.68 Å². The van der Waals surface area contributed by atoms with Crippen LogP contribution < -0.4 is 5.32 Å². The molecule has 2 atom stereocenters. The van der Waals surface area contributed by atoms with Crippen molar-refractivity contribution in [1.29, 1.82) is 0 Å². The minimum atomic E-state index is 0.350. The van der Waals surface area contributed by atoms with Gasteiger partial charge in [-0.25, -0.2) is 0 Å². The summed E-state index contributed by atoms with van der Waals surface area (Å²) >= 11 is 0. The molecule has 1 fully saturated rings. The maximum Gasteiger partial charge on any atom is 0.0732 e. The Morgan fingerprint density at radius 1 is 1.47 bits per heavy atom. The maximum absolute atomic E-state index is 5.78. The fraction of sp³-hybridized carbons (Fsp3) is 0.800. The molecule has 0 radical (unpaired) electrons. The fourth-order valence-corrected chi connectivity index (χ4v) is 2.92. The van der Waals surface area contributed by atoms with E-state index in [1.807, 2.05) is 7.05 Å². The lowest BCUT2D eigenvalue weighted by atomic mass is 10.0. The largest absolute Gasteiger partial charge is 0.377 e. The van der Waals surface area contributed by atoms with Crippen LogP contribution in [0.3, 0.4) is 0 Å². The van der Waals surface area contributed by atoms with Gasteiger partial charge in [-0.05, 0) is 38.8 Å². The van der Waals surface area contributed by atoms with Crippen molar-refractivity contribution >= 4 is 0 Å². The highest BCUT2D eigenvalue weighted by atomic mass is 16.5. The predicted octanol–water partition coefficient (Wildman–Crippen LogP) is 2.55.